The van der Waals surface area contributed by atoms with E-state index in [9.17, 15) is 9.59 Å². The Kier molecular flexibility index (Phi) is 5.46. The Bertz CT molecular complexity index is 1610. The van der Waals surface area contributed by atoms with Crippen LogP contribution in [0.2, 0.25) is 0 Å². The SMILES string of the molecule is Cc1ccc(N(c2ccccc2)c2ccc3cc(/C=C4\C(=O)C5=C(CCC=C5)C4=O)ccc3c2)cc1. The van der Waals surface area contributed by atoms with Gasteiger partial charge in [-0.3, -0.25) is 9.59 Å². The number of carbonyl (C=O) groups is 2. The fourth-order valence-electron chi connectivity index (χ4n) is 5.02. The highest BCUT2D eigenvalue weighted by molar-refractivity contribution is 6.40. The van der Waals surface area contributed by atoms with Crippen LogP contribution in [-0.2, 0) is 9.59 Å². The third-order valence-corrected chi connectivity index (χ3v) is 6.90. The first-order valence-electron chi connectivity index (χ1n) is 12.2. The van der Waals surface area contributed by atoms with Gasteiger partial charge in [0.25, 0.3) is 0 Å². The summed E-state index contributed by atoms with van der Waals surface area (Å²) in [7, 11) is 0. The Labute approximate surface area is 210 Å². The lowest BCUT2D eigenvalue weighted by atomic mass is 9.99. The number of carbonyl (C=O) groups excluding carboxylic acids is 2. The van der Waals surface area contributed by atoms with E-state index in [1.807, 2.05) is 36.4 Å². The average Bonchev–Trinajstić information content (AvgIpc) is 3.15. The van der Waals surface area contributed by atoms with Gasteiger partial charge in [-0.15, -0.1) is 0 Å². The van der Waals surface area contributed by atoms with Gasteiger partial charge in [0.1, 0.15) is 0 Å². The van der Waals surface area contributed by atoms with Crippen LogP contribution in [0.15, 0.2) is 120 Å². The molecule has 0 bridgehead atoms. The zero-order valence-electron chi connectivity index (χ0n) is 20.1. The quantitative estimate of drug-likeness (QED) is 0.227. The molecule has 0 aromatic heterocycles. The van der Waals surface area contributed by atoms with Gasteiger partial charge in [0, 0.05) is 28.2 Å². The van der Waals surface area contributed by atoms with Crippen LogP contribution in [0.1, 0.15) is 24.0 Å². The minimum Gasteiger partial charge on any atom is -0.310 e. The largest absolute Gasteiger partial charge is 0.310 e. The lowest BCUT2D eigenvalue weighted by Crippen LogP contribution is -2.09. The van der Waals surface area contributed by atoms with E-state index < -0.39 is 0 Å². The average molecular weight is 468 g/mol. The molecule has 0 fully saturated rings. The Morgan fingerprint density at radius 2 is 1.42 bits per heavy atom. The van der Waals surface area contributed by atoms with Crippen LogP contribution in [0.3, 0.4) is 0 Å². The van der Waals surface area contributed by atoms with Gasteiger partial charge in [0.15, 0.2) is 11.6 Å². The summed E-state index contributed by atoms with van der Waals surface area (Å²) in [5.74, 6) is -0.274. The predicted molar refractivity (Wildman–Crippen MR) is 147 cm³/mol. The summed E-state index contributed by atoms with van der Waals surface area (Å²) < 4.78 is 0. The van der Waals surface area contributed by atoms with E-state index in [4.69, 9.17) is 0 Å². The van der Waals surface area contributed by atoms with Crippen molar-refractivity contribution in [2.75, 3.05) is 4.90 Å². The molecule has 2 aliphatic carbocycles. The number of para-hydroxylation sites is 1. The minimum atomic E-state index is -0.155. The Morgan fingerprint density at radius 1 is 0.722 bits per heavy atom. The maximum Gasteiger partial charge on any atom is 0.197 e. The molecule has 0 saturated heterocycles. The van der Waals surface area contributed by atoms with Crippen LogP contribution in [0.5, 0.6) is 0 Å². The van der Waals surface area contributed by atoms with Gasteiger partial charge in [-0.25, -0.2) is 0 Å². The van der Waals surface area contributed by atoms with Gasteiger partial charge >= 0.3 is 0 Å². The normalized spacial score (nSPS) is 16.2. The van der Waals surface area contributed by atoms with Crippen molar-refractivity contribution in [3.63, 3.8) is 0 Å². The van der Waals surface area contributed by atoms with E-state index in [2.05, 4.69) is 72.5 Å². The number of benzene rings is 4. The molecule has 0 unspecified atom stereocenters. The van der Waals surface area contributed by atoms with Crippen molar-refractivity contribution in [2.45, 2.75) is 19.8 Å². The zero-order valence-corrected chi connectivity index (χ0v) is 20.1. The van der Waals surface area contributed by atoms with Crippen LogP contribution in [0.4, 0.5) is 17.1 Å². The number of allylic oxidation sites excluding steroid dienone is 5. The van der Waals surface area contributed by atoms with Crippen LogP contribution >= 0.6 is 0 Å². The molecule has 0 N–H and O–H groups in total. The molecule has 6 rings (SSSR count). The summed E-state index contributed by atoms with van der Waals surface area (Å²) in [5.41, 5.74) is 6.83. The minimum absolute atomic E-state index is 0.119. The number of anilines is 3. The highest BCUT2D eigenvalue weighted by Crippen LogP contribution is 2.37. The van der Waals surface area contributed by atoms with Crippen LogP contribution in [-0.4, -0.2) is 11.6 Å². The second kappa shape index (κ2) is 8.94. The summed E-state index contributed by atoms with van der Waals surface area (Å²) in [5, 5.41) is 2.15. The molecule has 0 atom stereocenters. The van der Waals surface area contributed by atoms with Crippen molar-refractivity contribution >= 4 is 45.5 Å². The van der Waals surface area contributed by atoms with Crippen LogP contribution < -0.4 is 4.90 Å². The molecule has 3 nitrogen and oxygen atoms in total. The van der Waals surface area contributed by atoms with E-state index in [-0.39, 0.29) is 17.1 Å². The molecule has 0 aliphatic heterocycles. The number of hydrogen-bond acceptors (Lipinski definition) is 3. The highest BCUT2D eigenvalue weighted by Gasteiger charge is 2.34. The third-order valence-electron chi connectivity index (χ3n) is 6.90. The Balaban J connectivity index is 1.37. The first kappa shape index (κ1) is 22.0. The molecule has 4 aromatic carbocycles. The summed E-state index contributed by atoms with van der Waals surface area (Å²) in [6.45, 7) is 2.09. The van der Waals surface area contributed by atoms with E-state index in [1.54, 1.807) is 12.2 Å². The molecular weight excluding hydrogens is 442 g/mol. The van der Waals surface area contributed by atoms with Crippen LogP contribution in [0.25, 0.3) is 16.8 Å². The molecule has 174 valence electrons. The van der Waals surface area contributed by atoms with Gasteiger partial charge in [0.05, 0.1) is 5.57 Å². The van der Waals surface area contributed by atoms with E-state index in [0.29, 0.717) is 17.6 Å². The highest BCUT2D eigenvalue weighted by atomic mass is 16.2. The summed E-state index contributed by atoms with van der Waals surface area (Å²) in [6, 6.07) is 31.3. The number of hydrogen-bond donors (Lipinski definition) is 0. The summed E-state index contributed by atoms with van der Waals surface area (Å²) >= 11 is 0. The molecule has 0 heterocycles. The summed E-state index contributed by atoms with van der Waals surface area (Å²) in [6.07, 6.45) is 6.97. The fourth-order valence-corrected chi connectivity index (χ4v) is 5.02. The number of nitrogens with zero attached hydrogens (tertiary/aromatic N) is 1. The first-order valence-corrected chi connectivity index (χ1v) is 12.2. The molecule has 3 heteroatoms. The topological polar surface area (TPSA) is 37.4 Å². The monoisotopic (exact) mass is 467 g/mol. The predicted octanol–water partition coefficient (Wildman–Crippen LogP) is 7.80. The van der Waals surface area contributed by atoms with Gasteiger partial charge in [-0.2, -0.15) is 0 Å². The van der Waals surface area contributed by atoms with Crippen molar-refractivity contribution in [2.24, 2.45) is 0 Å². The maximum atomic E-state index is 12.8. The second-order valence-electron chi connectivity index (χ2n) is 9.35. The van der Waals surface area contributed by atoms with Crippen molar-refractivity contribution in [1.82, 2.24) is 0 Å². The van der Waals surface area contributed by atoms with Crippen molar-refractivity contribution in [3.8, 4) is 0 Å². The Hall–Kier alpha value is -4.50. The summed E-state index contributed by atoms with van der Waals surface area (Å²) in [4.78, 5) is 27.9. The third kappa shape index (κ3) is 3.89. The van der Waals surface area contributed by atoms with Crippen molar-refractivity contribution < 1.29 is 9.59 Å². The first-order chi connectivity index (χ1) is 17.6. The molecule has 2 aliphatic rings. The smallest absolute Gasteiger partial charge is 0.197 e. The second-order valence-corrected chi connectivity index (χ2v) is 9.35. The lowest BCUT2D eigenvalue weighted by molar-refractivity contribution is -0.115. The van der Waals surface area contributed by atoms with Crippen molar-refractivity contribution in [1.29, 1.82) is 0 Å². The van der Waals surface area contributed by atoms with Gasteiger partial charge in [0.2, 0.25) is 0 Å². The molecular formula is C33H25NO2. The zero-order chi connectivity index (χ0) is 24.6. The van der Waals surface area contributed by atoms with Crippen LogP contribution in [0, 0.1) is 6.92 Å². The lowest BCUT2D eigenvalue weighted by Gasteiger charge is -2.26. The standard InChI is InChI=1S/C33H25NO2/c1-22-11-16-27(17-12-22)34(26-7-3-2-4-8-26)28-18-15-24-19-23(13-14-25(24)21-28)20-31-32(35)29-9-5-6-10-30(29)33(31)36/h2-5,7-9,11-21H,6,10H2,1H3/b31-20+. The van der Waals surface area contributed by atoms with Crippen molar-refractivity contribution in [3.05, 3.63) is 131 Å². The molecule has 36 heavy (non-hydrogen) atoms. The van der Waals surface area contributed by atoms with Gasteiger partial charge in [-0.1, -0.05) is 66.2 Å². The number of aryl methyl sites for hydroxylation is 1. The molecule has 0 spiro atoms. The Morgan fingerprint density at radius 3 is 2.19 bits per heavy atom. The molecule has 0 radical (unpaired) electrons. The number of ketones is 2. The maximum absolute atomic E-state index is 12.8. The van der Waals surface area contributed by atoms with Gasteiger partial charge in [-0.05, 0) is 84.6 Å². The number of fused-ring (bicyclic) bond motifs is 1. The number of Topliss-reactive ketones (excluding diaryl/α,β-unsaturated/α-hetero) is 2. The van der Waals surface area contributed by atoms with E-state index in [1.165, 1.54) is 5.56 Å². The van der Waals surface area contributed by atoms with Gasteiger partial charge < -0.3 is 4.90 Å². The fraction of sp³-hybridized carbons (Fsp3) is 0.0909. The molecule has 4 aromatic rings. The van der Waals surface area contributed by atoms with E-state index >= 15 is 0 Å². The van der Waals surface area contributed by atoms with E-state index in [0.717, 1.165) is 39.8 Å². The molecule has 0 amide bonds. The molecule has 0 saturated carbocycles. The number of rotatable bonds is 4.